The van der Waals surface area contributed by atoms with Gasteiger partial charge in [-0.05, 0) is 12.8 Å². The van der Waals surface area contributed by atoms with E-state index in [0.29, 0.717) is 13.1 Å². The predicted molar refractivity (Wildman–Crippen MR) is 55.8 cm³/mol. The number of rotatable bonds is 2. The van der Waals surface area contributed by atoms with Crippen molar-refractivity contribution in [2.24, 2.45) is 7.05 Å². The Balaban J connectivity index is 2.26. The van der Waals surface area contributed by atoms with Gasteiger partial charge in [0.2, 0.25) is 0 Å². The topological polar surface area (TPSA) is 55.2 Å². The van der Waals surface area contributed by atoms with Gasteiger partial charge in [-0.3, -0.25) is 0 Å². The number of aryl methyl sites for hydroxylation is 1. The summed E-state index contributed by atoms with van der Waals surface area (Å²) >= 11 is 0. The molecule has 0 aliphatic carbocycles. The molecule has 1 aliphatic rings. The maximum atomic E-state index is 12.1. The number of nitrogens with zero attached hydrogens (tertiary/aromatic N) is 3. The van der Waals surface area contributed by atoms with Crippen molar-refractivity contribution < 1.29 is 8.42 Å². The highest BCUT2D eigenvalue weighted by atomic mass is 32.2. The number of hydrogen-bond donors (Lipinski definition) is 0. The van der Waals surface area contributed by atoms with Gasteiger partial charge in [0.25, 0.3) is 10.0 Å². The normalized spacial score (nSPS) is 19.3. The number of aromatic nitrogens is 2. The molecule has 2 rings (SSSR count). The average Bonchev–Trinajstić information content (AvgIpc) is 2.67. The van der Waals surface area contributed by atoms with Gasteiger partial charge >= 0.3 is 0 Å². The van der Waals surface area contributed by atoms with Crippen LogP contribution < -0.4 is 0 Å². The molecule has 1 aromatic rings. The van der Waals surface area contributed by atoms with Crippen LogP contribution in [0.2, 0.25) is 0 Å². The number of sulfonamides is 1. The van der Waals surface area contributed by atoms with Crippen molar-refractivity contribution in [3.05, 3.63) is 12.5 Å². The second kappa shape index (κ2) is 3.94. The van der Waals surface area contributed by atoms with Crippen molar-refractivity contribution in [3.8, 4) is 0 Å². The Labute approximate surface area is 89.8 Å². The monoisotopic (exact) mass is 229 g/mol. The molecule has 0 spiro atoms. The Morgan fingerprint density at radius 2 is 1.93 bits per heavy atom. The summed E-state index contributed by atoms with van der Waals surface area (Å²) < 4.78 is 27.3. The maximum absolute atomic E-state index is 12.1. The molecule has 0 radical (unpaired) electrons. The van der Waals surface area contributed by atoms with E-state index in [1.807, 2.05) is 0 Å². The molecule has 1 fully saturated rings. The molecule has 15 heavy (non-hydrogen) atoms. The Kier molecular flexibility index (Phi) is 2.79. The lowest BCUT2D eigenvalue weighted by atomic mass is 10.2. The van der Waals surface area contributed by atoms with Gasteiger partial charge < -0.3 is 4.57 Å². The summed E-state index contributed by atoms with van der Waals surface area (Å²) in [6, 6.07) is 0. The Morgan fingerprint density at radius 3 is 2.47 bits per heavy atom. The molecule has 1 aromatic heterocycles. The quantitative estimate of drug-likeness (QED) is 0.746. The standard InChI is InChI=1S/C9H15N3O2S/c1-11-7-9(10-8-11)15(13,14)12-5-3-2-4-6-12/h7-8H,2-6H2,1H3. The molecule has 0 bridgehead atoms. The first kappa shape index (κ1) is 10.6. The van der Waals surface area contributed by atoms with Gasteiger partial charge in [-0.2, -0.15) is 4.31 Å². The van der Waals surface area contributed by atoms with Gasteiger partial charge in [0.1, 0.15) is 0 Å². The summed E-state index contributed by atoms with van der Waals surface area (Å²) in [6.45, 7) is 1.25. The van der Waals surface area contributed by atoms with Gasteiger partial charge in [0.05, 0.1) is 6.33 Å². The molecule has 1 saturated heterocycles. The first-order valence-electron chi connectivity index (χ1n) is 5.09. The first-order chi connectivity index (χ1) is 7.10. The number of piperidine rings is 1. The third-order valence-electron chi connectivity index (χ3n) is 2.60. The van der Waals surface area contributed by atoms with E-state index in [2.05, 4.69) is 4.98 Å². The van der Waals surface area contributed by atoms with Crippen molar-refractivity contribution in [2.75, 3.05) is 13.1 Å². The third kappa shape index (κ3) is 2.05. The molecule has 84 valence electrons. The lowest BCUT2D eigenvalue weighted by Crippen LogP contribution is -2.35. The predicted octanol–water partition coefficient (Wildman–Crippen LogP) is 0.595. The zero-order valence-corrected chi connectivity index (χ0v) is 9.57. The van der Waals surface area contributed by atoms with Crippen LogP contribution >= 0.6 is 0 Å². The lowest BCUT2D eigenvalue weighted by molar-refractivity contribution is 0.345. The average molecular weight is 229 g/mol. The Bertz CT molecular complexity index is 432. The highest BCUT2D eigenvalue weighted by Crippen LogP contribution is 2.18. The van der Waals surface area contributed by atoms with Crippen molar-refractivity contribution in [3.63, 3.8) is 0 Å². The van der Waals surface area contributed by atoms with E-state index in [-0.39, 0.29) is 5.03 Å². The van der Waals surface area contributed by atoms with Crippen molar-refractivity contribution >= 4 is 10.0 Å². The van der Waals surface area contributed by atoms with Gasteiger partial charge in [-0.25, -0.2) is 13.4 Å². The molecule has 0 amide bonds. The van der Waals surface area contributed by atoms with E-state index < -0.39 is 10.0 Å². The van der Waals surface area contributed by atoms with Crippen LogP contribution in [0.3, 0.4) is 0 Å². The van der Waals surface area contributed by atoms with E-state index in [1.54, 1.807) is 17.8 Å². The first-order valence-corrected chi connectivity index (χ1v) is 6.53. The van der Waals surface area contributed by atoms with E-state index >= 15 is 0 Å². The van der Waals surface area contributed by atoms with Crippen LogP contribution in [0.25, 0.3) is 0 Å². The highest BCUT2D eigenvalue weighted by molar-refractivity contribution is 7.89. The van der Waals surface area contributed by atoms with E-state index in [1.165, 1.54) is 10.6 Å². The molecule has 0 atom stereocenters. The molecule has 2 heterocycles. The van der Waals surface area contributed by atoms with Crippen LogP contribution in [0.5, 0.6) is 0 Å². The van der Waals surface area contributed by atoms with Crippen LogP contribution in [0.4, 0.5) is 0 Å². The highest BCUT2D eigenvalue weighted by Gasteiger charge is 2.27. The van der Waals surface area contributed by atoms with Gasteiger partial charge in [0.15, 0.2) is 5.03 Å². The molecule has 6 heteroatoms. The molecular formula is C9H15N3O2S. The summed E-state index contributed by atoms with van der Waals surface area (Å²) in [5.74, 6) is 0. The Hall–Kier alpha value is -0.880. The number of imidazole rings is 1. The zero-order valence-electron chi connectivity index (χ0n) is 8.76. The fraction of sp³-hybridized carbons (Fsp3) is 0.667. The molecule has 0 aromatic carbocycles. The minimum absolute atomic E-state index is 0.159. The van der Waals surface area contributed by atoms with Crippen molar-refractivity contribution in [2.45, 2.75) is 24.3 Å². The zero-order chi connectivity index (χ0) is 10.9. The van der Waals surface area contributed by atoms with Crippen LogP contribution in [0.1, 0.15) is 19.3 Å². The van der Waals surface area contributed by atoms with Crippen molar-refractivity contribution in [1.82, 2.24) is 13.9 Å². The summed E-state index contributed by atoms with van der Waals surface area (Å²) in [4.78, 5) is 3.90. The third-order valence-corrected chi connectivity index (χ3v) is 4.38. The molecule has 1 aliphatic heterocycles. The Morgan fingerprint density at radius 1 is 1.27 bits per heavy atom. The van der Waals surface area contributed by atoms with Gasteiger partial charge in [-0.1, -0.05) is 6.42 Å². The van der Waals surface area contributed by atoms with Gasteiger partial charge in [-0.15, -0.1) is 0 Å². The fourth-order valence-electron chi connectivity index (χ4n) is 1.76. The molecule has 5 nitrogen and oxygen atoms in total. The SMILES string of the molecule is Cn1cnc(S(=O)(=O)N2CCCCC2)c1. The van der Waals surface area contributed by atoms with Crippen LogP contribution in [0, 0.1) is 0 Å². The van der Waals surface area contributed by atoms with Gasteiger partial charge in [0, 0.05) is 26.3 Å². The second-order valence-corrected chi connectivity index (χ2v) is 5.73. The van der Waals surface area contributed by atoms with E-state index in [0.717, 1.165) is 19.3 Å². The summed E-state index contributed by atoms with van der Waals surface area (Å²) in [6.07, 6.45) is 6.08. The smallest absolute Gasteiger partial charge is 0.262 e. The summed E-state index contributed by atoms with van der Waals surface area (Å²) in [5, 5.41) is 0.159. The largest absolute Gasteiger partial charge is 0.339 e. The minimum atomic E-state index is -3.34. The fourth-order valence-corrected chi connectivity index (χ4v) is 3.24. The van der Waals surface area contributed by atoms with E-state index in [4.69, 9.17) is 0 Å². The summed E-state index contributed by atoms with van der Waals surface area (Å²) in [7, 11) is -1.57. The summed E-state index contributed by atoms with van der Waals surface area (Å²) in [5.41, 5.74) is 0. The van der Waals surface area contributed by atoms with Crippen LogP contribution in [-0.4, -0.2) is 35.4 Å². The van der Waals surface area contributed by atoms with E-state index in [9.17, 15) is 8.42 Å². The molecular weight excluding hydrogens is 214 g/mol. The maximum Gasteiger partial charge on any atom is 0.262 e. The number of hydrogen-bond acceptors (Lipinski definition) is 3. The van der Waals surface area contributed by atoms with Crippen LogP contribution in [0.15, 0.2) is 17.6 Å². The lowest BCUT2D eigenvalue weighted by Gasteiger charge is -2.24. The minimum Gasteiger partial charge on any atom is -0.339 e. The molecule has 0 unspecified atom stereocenters. The molecule has 0 saturated carbocycles. The molecule has 0 N–H and O–H groups in total. The van der Waals surface area contributed by atoms with Crippen LogP contribution in [-0.2, 0) is 17.1 Å². The second-order valence-electron chi connectivity index (χ2n) is 3.84. The van der Waals surface area contributed by atoms with Crippen molar-refractivity contribution in [1.29, 1.82) is 0 Å².